The van der Waals surface area contributed by atoms with Crippen LogP contribution in [0.1, 0.15) is 47.4 Å². The zero-order valence-corrected chi connectivity index (χ0v) is 18.0. The van der Waals surface area contributed by atoms with Gasteiger partial charge in [-0.05, 0) is 36.6 Å². The number of hydrogen-bond acceptors (Lipinski definition) is 4. The van der Waals surface area contributed by atoms with Gasteiger partial charge in [0.15, 0.2) is 0 Å². The van der Waals surface area contributed by atoms with E-state index in [1.54, 1.807) is 18.2 Å². The number of nitrogens with one attached hydrogen (secondary N) is 1. The first-order valence-corrected chi connectivity index (χ1v) is 10.6. The van der Waals surface area contributed by atoms with Gasteiger partial charge in [0.2, 0.25) is 0 Å². The van der Waals surface area contributed by atoms with Crippen LogP contribution >= 0.6 is 0 Å². The lowest BCUT2D eigenvalue weighted by Crippen LogP contribution is -2.24. The molecule has 32 heavy (non-hydrogen) atoms. The van der Waals surface area contributed by atoms with E-state index in [9.17, 15) is 14.7 Å². The van der Waals surface area contributed by atoms with Crippen LogP contribution in [0.4, 0.5) is 0 Å². The molecule has 6 nitrogen and oxygen atoms in total. The maximum Gasteiger partial charge on any atom is 0.303 e. The van der Waals surface area contributed by atoms with Crippen LogP contribution in [0.25, 0.3) is 0 Å². The van der Waals surface area contributed by atoms with E-state index in [2.05, 4.69) is 5.32 Å². The maximum atomic E-state index is 12.6. The SMILES string of the molecule is CCNC(=O)c1ccc(OCc2ccccc2)cc1O[C@@H](CCC(=O)O)c1ccccc1. The molecule has 0 radical (unpaired) electrons. The van der Waals surface area contributed by atoms with Crippen LogP contribution in [-0.4, -0.2) is 23.5 Å². The lowest BCUT2D eigenvalue weighted by molar-refractivity contribution is -0.137. The summed E-state index contributed by atoms with van der Waals surface area (Å²) in [6.07, 6.45) is -0.311. The largest absolute Gasteiger partial charge is 0.489 e. The van der Waals surface area contributed by atoms with Gasteiger partial charge in [-0.2, -0.15) is 0 Å². The maximum absolute atomic E-state index is 12.6. The van der Waals surface area contributed by atoms with E-state index in [0.717, 1.165) is 11.1 Å². The normalized spacial score (nSPS) is 11.4. The first-order chi connectivity index (χ1) is 15.6. The predicted octanol–water partition coefficient (Wildman–Crippen LogP) is 5.00. The fraction of sp³-hybridized carbons (Fsp3) is 0.231. The minimum absolute atomic E-state index is 0.0553. The third kappa shape index (κ3) is 6.60. The Labute approximate surface area is 187 Å². The van der Waals surface area contributed by atoms with E-state index in [0.29, 0.717) is 30.2 Å². The number of rotatable bonds is 11. The molecule has 0 saturated carbocycles. The summed E-state index contributed by atoms with van der Waals surface area (Å²) in [5.74, 6) is -0.261. The molecule has 3 aromatic carbocycles. The van der Waals surface area contributed by atoms with Crippen molar-refractivity contribution < 1.29 is 24.2 Å². The van der Waals surface area contributed by atoms with Crippen LogP contribution < -0.4 is 14.8 Å². The molecule has 2 N–H and O–H groups in total. The summed E-state index contributed by atoms with van der Waals surface area (Å²) in [5, 5.41) is 12.0. The molecular weight excluding hydrogens is 406 g/mol. The Kier molecular flexibility index (Phi) is 8.26. The Balaban J connectivity index is 1.88. The summed E-state index contributed by atoms with van der Waals surface area (Å²) < 4.78 is 12.1. The average molecular weight is 434 g/mol. The molecule has 0 spiro atoms. The number of amides is 1. The third-order valence-electron chi connectivity index (χ3n) is 4.84. The molecule has 1 amide bonds. The smallest absolute Gasteiger partial charge is 0.303 e. The highest BCUT2D eigenvalue weighted by molar-refractivity contribution is 5.97. The Morgan fingerprint density at radius 3 is 2.31 bits per heavy atom. The first-order valence-electron chi connectivity index (χ1n) is 10.6. The van der Waals surface area contributed by atoms with Crippen molar-refractivity contribution in [2.45, 2.75) is 32.5 Å². The van der Waals surface area contributed by atoms with E-state index in [1.165, 1.54) is 0 Å². The van der Waals surface area contributed by atoms with Crippen molar-refractivity contribution in [3.8, 4) is 11.5 Å². The van der Waals surface area contributed by atoms with Crippen LogP contribution in [0, 0.1) is 0 Å². The summed E-state index contributed by atoms with van der Waals surface area (Å²) in [4.78, 5) is 23.8. The molecule has 0 fully saturated rings. The number of aliphatic carboxylic acids is 1. The lowest BCUT2D eigenvalue weighted by atomic mass is 10.0. The first kappa shape index (κ1) is 22.9. The zero-order chi connectivity index (χ0) is 22.8. The van der Waals surface area contributed by atoms with Crippen molar-refractivity contribution in [3.05, 3.63) is 95.6 Å². The van der Waals surface area contributed by atoms with E-state index < -0.39 is 12.1 Å². The van der Waals surface area contributed by atoms with Crippen molar-refractivity contribution >= 4 is 11.9 Å². The minimum atomic E-state index is -0.904. The summed E-state index contributed by atoms with van der Waals surface area (Å²) in [6, 6.07) is 24.2. The monoisotopic (exact) mass is 433 g/mol. The quantitative estimate of drug-likeness (QED) is 0.445. The molecule has 0 heterocycles. The Hall–Kier alpha value is -3.80. The number of carbonyl (C=O) groups is 2. The summed E-state index contributed by atoms with van der Waals surface area (Å²) in [5.41, 5.74) is 2.23. The van der Waals surface area contributed by atoms with Gasteiger partial charge in [-0.15, -0.1) is 0 Å². The second-order valence-electron chi connectivity index (χ2n) is 7.24. The van der Waals surface area contributed by atoms with Gasteiger partial charge in [-0.1, -0.05) is 60.7 Å². The van der Waals surface area contributed by atoms with Gasteiger partial charge in [0.05, 0.1) is 5.56 Å². The number of carboxylic acid groups (broad SMARTS) is 1. The van der Waals surface area contributed by atoms with Crippen LogP contribution in [0.3, 0.4) is 0 Å². The summed E-state index contributed by atoms with van der Waals surface area (Å²) >= 11 is 0. The average Bonchev–Trinajstić information content (AvgIpc) is 2.81. The Morgan fingerprint density at radius 1 is 0.969 bits per heavy atom. The highest BCUT2D eigenvalue weighted by atomic mass is 16.5. The van der Waals surface area contributed by atoms with Crippen molar-refractivity contribution in [3.63, 3.8) is 0 Å². The molecule has 6 heteroatoms. The molecule has 1 atom stereocenters. The topological polar surface area (TPSA) is 84.9 Å². The second-order valence-corrected chi connectivity index (χ2v) is 7.24. The molecule has 0 saturated heterocycles. The van der Waals surface area contributed by atoms with Gasteiger partial charge >= 0.3 is 5.97 Å². The molecule has 0 aliphatic heterocycles. The minimum Gasteiger partial charge on any atom is -0.489 e. The fourth-order valence-corrected chi connectivity index (χ4v) is 3.24. The summed E-state index contributed by atoms with van der Waals surface area (Å²) in [7, 11) is 0. The molecular formula is C26H27NO5. The molecule has 0 aliphatic rings. The van der Waals surface area contributed by atoms with Gasteiger partial charge in [0.25, 0.3) is 5.91 Å². The number of hydrogen-bond donors (Lipinski definition) is 2. The molecule has 0 aliphatic carbocycles. The highest BCUT2D eigenvalue weighted by Crippen LogP contribution is 2.32. The van der Waals surface area contributed by atoms with Gasteiger partial charge < -0.3 is 19.9 Å². The summed E-state index contributed by atoms with van der Waals surface area (Å²) in [6.45, 7) is 2.70. The fourth-order valence-electron chi connectivity index (χ4n) is 3.24. The van der Waals surface area contributed by atoms with E-state index in [1.807, 2.05) is 67.6 Å². The lowest BCUT2D eigenvalue weighted by Gasteiger charge is -2.21. The molecule has 0 aromatic heterocycles. The van der Waals surface area contributed by atoms with E-state index in [4.69, 9.17) is 9.47 Å². The number of carboxylic acids is 1. The molecule has 3 aromatic rings. The third-order valence-corrected chi connectivity index (χ3v) is 4.84. The van der Waals surface area contributed by atoms with Gasteiger partial charge in [-0.3, -0.25) is 9.59 Å². The Morgan fingerprint density at radius 2 is 1.66 bits per heavy atom. The van der Waals surface area contributed by atoms with Crippen LogP contribution in [0.5, 0.6) is 11.5 Å². The van der Waals surface area contributed by atoms with Crippen molar-refractivity contribution in [1.29, 1.82) is 0 Å². The van der Waals surface area contributed by atoms with Gasteiger partial charge in [0, 0.05) is 19.0 Å². The van der Waals surface area contributed by atoms with Crippen molar-refractivity contribution in [2.24, 2.45) is 0 Å². The number of ether oxygens (including phenoxy) is 2. The zero-order valence-electron chi connectivity index (χ0n) is 18.0. The van der Waals surface area contributed by atoms with Crippen molar-refractivity contribution in [1.82, 2.24) is 5.32 Å². The number of benzene rings is 3. The van der Waals surface area contributed by atoms with Crippen molar-refractivity contribution in [2.75, 3.05) is 6.54 Å². The van der Waals surface area contributed by atoms with Gasteiger partial charge in [-0.25, -0.2) is 0 Å². The van der Waals surface area contributed by atoms with Crippen LogP contribution in [0.15, 0.2) is 78.9 Å². The molecule has 3 rings (SSSR count). The predicted molar refractivity (Wildman–Crippen MR) is 122 cm³/mol. The highest BCUT2D eigenvalue weighted by Gasteiger charge is 2.20. The van der Waals surface area contributed by atoms with E-state index >= 15 is 0 Å². The number of carbonyl (C=O) groups excluding carboxylic acids is 1. The van der Waals surface area contributed by atoms with Gasteiger partial charge in [0.1, 0.15) is 24.2 Å². The van der Waals surface area contributed by atoms with E-state index in [-0.39, 0.29) is 18.7 Å². The molecule has 0 unspecified atom stereocenters. The Bertz CT molecular complexity index is 1020. The second kappa shape index (κ2) is 11.6. The molecule has 166 valence electrons. The standard InChI is InChI=1S/C26H27NO5/c1-2-27-26(30)22-14-13-21(31-18-19-9-5-3-6-10-19)17-24(22)32-23(15-16-25(28)29)20-11-7-4-8-12-20/h3-14,17,23H,2,15-16,18H2,1H3,(H,27,30)(H,28,29)/t23-/m0/s1. The molecule has 0 bridgehead atoms. The van der Waals surface area contributed by atoms with Crippen LogP contribution in [-0.2, 0) is 11.4 Å². The van der Waals surface area contributed by atoms with Crippen LogP contribution in [0.2, 0.25) is 0 Å².